The summed E-state index contributed by atoms with van der Waals surface area (Å²) in [5.74, 6) is -1.17. The van der Waals surface area contributed by atoms with Crippen LogP contribution in [0, 0.1) is 19.7 Å². The highest BCUT2D eigenvalue weighted by molar-refractivity contribution is 6.46. The number of hydrogen-bond donors (Lipinski definition) is 1. The summed E-state index contributed by atoms with van der Waals surface area (Å²) in [5, 5.41) is 2.95. The molecule has 0 atom stereocenters. The number of para-hydroxylation sites is 2. The predicted octanol–water partition coefficient (Wildman–Crippen LogP) is 5.89. The van der Waals surface area contributed by atoms with Crippen LogP contribution in [-0.2, 0) is 9.59 Å². The Balaban J connectivity index is 1.87. The molecule has 0 aliphatic carbocycles. The summed E-state index contributed by atoms with van der Waals surface area (Å²) in [6.45, 7) is 6.14. The first-order valence-electron chi connectivity index (χ1n) is 10.5. The minimum atomic E-state index is -0.633. The number of anilines is 2. The Morgan fingerprint density at radius 2 is 1.76 bits per heavy atom. The molecule has 0 aromatic heterocycles. The van der Waals surface area contributed by atoms with Gasteiger partial charge in [0, 0.05) is 0 Å². The third-order valence-corrected chi connectivity index (χ3v) is 5.63. The van der Waals surface area contributed by atoms with E-state index in [1.165, 1.54) is 12.1 Å². The van der Waals surface area contributed by atoms with Crippen molar-refractivity contribution in [2.45, 2.75) is 20.8 Å². The van der Waals surface area contributed by atoms with Crippen LogP contribution < -0.4 is 15.0 Å². The quantitative estimate of drug-likeness (QED) is 0.462. The van der Waals surface area contributed by atoms with Crippen molar-refractivity contribution in [1.82, 2.24) is 0 Å². The number of hydrogen-bond acceptors (Lipinski definition) is 4. The molecule has 0 fully saturated rings. The summed E-state index contributed by atoms with van der Waals surface area (Å²) in [7, 11) is 0. The van der Waals surface area contributed by atoms with Gasteiger partial charge in [0.05, 0.1) is 28.6 Å². The number of amides is 2. The Morgan fingerprint density at radius 1 is 1.00 bits per heavy atom. The van der Waals surface area contributed by atoms with E-state index >= 15 is 0 Å². The minimum Gasteiger partial charge on any atom is -0.492 e. The summed E-state index contributed by atoms with van der Waals surface area (Å²) in [6.07, 6.45) is 0. The lowest BCUT2D eigenvalue weighted by Crippen LogP contribution is -2.32. The standard InChI is InChI=1S/C26H22ClFN2O3/c1-4-33-22-8-6-5-7-21(22)29-24-23(18-11-9-15(2)13-16(18)3)25(31)30(26(24)32)17-10-12-20(28)19(27)14-17/h5-14,29H,4H2,1-3H3. The van der Waals surface area contributed by atoms with Gasteiger partial charge in [-0.25, -0.2) is 9.29 Å². The van der Waals surface area contributed by atoms with Gasteiger partial charge >= 0.3 is 0 Å². The van der Waals surface area contributed by atoms with Crippen molar-refractivity contribution in [1.29, 1.82) is 0 Å². The van der Waals surface area contributed by atoms with Crippen LogP contribution in [0.2, 0.25) is 5.02 Å². The van der Waals surface area contributed by atoms with Crippen molar-refractivity contribution in [2.24, 2.45) is 0 Å². The number of carbonyl (C=O) groups excluding carboxylic acids is 2. The molecule has 7 heteroatoms. The van der Waals surface area contributed by atoms with E-state index in [9.17, 15) is 14.0 Å². The van der Waals surface area contributed by atoms with Crippen LogP contribution in [0.15, 0.2) is 66.4 Å². The minimum absolute atomic E-state index is 0.111. The fraction of sp³-hybridized carbons (Fsp3) is 0.154. The third kappa shape index (κ3) is 4.22. The van der Waals surface area contributed by atoms with Crippen molar-refractivity contribution >= 4 is 40.4 Å². The molecular weight excluding hydrogens is 443 g/mol. The number of benzene rings is 3. The first-order valence-corrected chi connectivity index (χ1v) is 10.8. The van der Waals surface area contributed by atoms with Gasteiger partial charge in [0.25, 0.3) is 11.8 Å². The number of imide groups is 1. The van der Waals surface area contributed by atoms with Crippen LogP contribution in [0.5, 0.6) is 5.75 Å². The Bertz CT molecular complexity index is 1300. The van der Waals surface area contributed by atoms with Gasteiger partial charge in [0.2, 0.25) is 0 Å². The van der Waals surface area contributed by atoms with Crippen molar-refractivity contribution in [3.8, 4) is 5.75 Å². The lowest BCUT2D eigenvalue weighted by molar-refractivity contribution is -0.120. The highest BCUT2D eigenvalue weighted by atomic mass is 35.5. The molecule has 5 nitrogen and oxygen atoms in total. The fourth-order valence-corrected chi connectivity index (χ4v) is 4.01. The molecule has 0 radical (unpaired) electrons. The SMILES string of the molecule is CCOc1ccccc1NC1=C(c2ccc(C)cc2C)C(=O)N(c2ccc(F)c(Cl)c2)C1=O. The lowest BCUT2D eigenvalue weighted by Gasteiger charge is -2.16. The molecule has 1 aliphatic rings. The van der Waals surface area contributed by atoms with Gasteiger partial charge in [0.1, 0.15) is 17.3 Å². The molecule has 0 spiro atoms. The molecule has 0 unspecified atom stereocenters. The van der Waals surface area contributed by atoms with Gasteiger partial charge in [-0.1, -0.05) is 47.5 Å². The summed E-state index contributed by atoms with van der Waals surface area (Å²) < 4.78 is 19.4. The van der Waals surface area contributed by atoms with Crippen molar-refractivity contribution in [2.75, 3.05) is 16.8 Å². The Labute approximate surface area is 196 Å². The third-order valence-electron chi connectivity index (χ3n) is 5.34. The fourth-order valence-electron chi connectivity index (χ4n) is 3.83. The van der Waals surface area contributed by atoms with E-state index in [0.717, 1.165) is 22.1 Å². The van der Waals surface area contributed by atoms with Crippen LogP contribution in [0.4, 0.5) is 15.8 Å². The molecule has 1 aliphatic heterocycles. The van der Waals surface area contributed by atoms with E-state index in [2.05, 4.69) is 5.32 Å². The van der Waals surface area contributed by atoms with E-state index in [1.54, 1.807) is 18.2 Å². The van der Waals surface area contributed by atoms with E-state index in [-0.39, 0.29) is 22.0 Å². The average molecular weight is 465 g/mol. The number of nitrogens with one attached hydrogen (secondary N) is 1. The normalized spacial score (nSPS) is 13.7. The maximum absolute atomic E-state index is 13.7. The van der Waals surface area contributed by atoms with Crippen LogP contribution in [0.1, 0.15) is 23.6 Å². The topological polar surface area (TPSA) is 58.6 Å². The molecular formula is C26H22ClFN2O3. The Hall–Kier alpha value is -3.64. The zero-order valence-electron chi connectivity index (χ0n) is 18.4. The van der Waals surface area contributed by atoms with Gasteiger partial charge in [-0.2, -0.15) is 0 Å². The summed E-state index contributed by atoms with van der Waals surface area (Å²) in [4.78, 5) is 28.2. The molecule has 33 heavy (non-hydrogen) atoms. The second-order valence-electron chi connectivity index (χ2n) is 7.67. The summed E-state index contributed by atoms with van der Waals surface area (Å²) >= 11 is 5.94. The van der Waals surface area contributed by atoms with E-state index in [1.807, 2.05) is 45.0 Å². The summed E-state index contributed by atoms with van der Waals surface area (Å²) in [6, 6.07) is 16.6. The van der Waals surface area contributed by atoms with Gasteiger partial charge in [-0.15, -0.1) is 0 Å². The summed E-state index contributed by atoms with van der Waals surface area (Å²) in [5.41, 5.74) is 3.59. The number of halogens is 2. The van der Waals surface area contributed by atoms with E-state index < -0.39 is 17.6 Å². The van der Waals surface area contributed by atoms with Crippen molar-refractivity contribution < 1.29 is 18.7 Å². The highest BCUT2D eigenvalue weighted by Gasteiger charge is 2.41. The Kier molecular flexibility index (Phi) is 6.20. The van der Waals surface area contributed by atoms with Gasteiger partial charge in [-0.3, -0.25) is 9.59 Å². The second kappa shape index (κ2) is 9.08. The van der Waals surface area contributed by atoms with Crippen molar-refractivity contribution in [3.05, 3.63) is 93.9 Å². The molecule has 0 saturated heterocycles. The lowest BCUT2D eigenvalue weighted by atomic mass is 9.97. The monoisotopic (exact) mass is 464 g/mol. The smallest absolute Gasteiger partial charge is 0.282 e. The van der Waals surface area contributed by atoms with Crippen LogP contribution >= 0.6 is 11.6 Å². The first-order chi connectivity index (χ1) is 15.8. The molecule has 3 aromatic carbocycles. The van der Waals surface area contributed by atoms with E-state index in [0.29, 0.717) is 23.6 Å². The highest BCUT2D eigenvalue weighted by Crippen LogP contribution is 2.37. The first kappa shape index (κ1) is 22.6. The maximum atomic E-state index is 13.7. The van der Waals surface area contributed by atoms with Gasteiger partial charge in [0.15, 0.2) is 0 Å². The molecule has 2 amide bonds. The molecule has 0 saturated carbocycles. The zero-order chi connectivity index (χ0) is 23.7. The molecule has 168 valence electrons. The van der Waals surface area contributed by atoms with Crippen LogP contribution in [0.3, 0.4) is 0 Å². The number of carbonyl (C=O) groups is 2. The van der Waals surface area contributed by atoms with Crippen molar-refractivity contribution in [3.63, 3.8) is 0 Å². The molecule has 3 aromatic rings. The number of nitrogens with zero attached hydrogens (tertiary/aromatic N) is 1. The van der Waals surface area contributed by atoms with Gasteiger partial charge in [-0.05, 0) is 62.2 Å². The number of ether oxygens (including phenoxy) is 1. The maximum Gasteiger partial charge on any atom is 0.282 e. The number of rotatable bonds is 6. The van der Waals surface area contributed by atoms with Crippen LogP contribution in [-0.4, -0.2) is 18.4 Å². The van der Waals surface area contributed by atoms with Crippen LogP contribution in [0.25, 0.3) is 5.57 Å². The second-order valence-corrected chi connectivity index (χ2v) is 8.07. The Morgan fingerprint density at radius 3 is 2.45 bits per heavy atom. The molecule has 0 bridgehead atoms. The predicted molar refractivity (Wildman–Crippen MR) is 128 cm³/mol. The van der Waals surface area contributed by atoms with E-state index in [4.69, 9.17) is 16.3 Å². The zero-order valence-corrected chi connectivity index (χ0v) is 19.2. The average Bonchev–Trinajstić information content (AvgIpc) is 3.01. The van der Waals surface area contributed by atoms with Gasteiger partial charge < -0.3 is 10.1 Å². The largest absolute Gasteiger partial charge is 0.492 e. The number of aryl methyl sites for hydroxylation is 2. The molecule has 1 heterocycles. The molecule has 1 N–H and O–H groups in total. The molecule has 4 rings (SSSR count).